The molecule has 0 aliphatic rings. The Labute approximate surface area is 195 Å². The summed E-state index contributed by atoms with van der Waals surface area (Å²) in [4.78, 5) is 17.3. The van der Waals surface area contributed by atoms with Gasteiger partial charge in [-0.3, -0.25) is 4.79 Å². The van der Waals surface area contributed by atoms with Crippen LogP contribution >= 0.6 is 50.7 Å². The topological polar surface area (TPSA) is 59.8 Å². The molecule has 1 aromatic heterocycles. The van der Waals surface area contributed by atoms with E-state index in [4.69, 9.17) is 34.8 Å². The monoisotopic (exact) mass is 520 g/mol. The van der Waals surface area contributed by atoms with Crippen molar-refractivity contribution in [2.45, 2.75) is 0 Å². The highest BCUT2D eigenvalue weighted by Gasteiger charge is 2.19. The molecule has 9 heteroatoms. The smallest absolute Gasteiger partial charge is 0.295 e. The summed E-state index contributed by atoms with van der Waals surface area (Å²) in [5.41, 5.74) is 1.96. The van der Waals surface area contributed by atoms with Crippen molar-refractivity contribution in [2.75, 3.05) is 5.32 Å². The number of aromatic nitrogens is 3. The maximum Gasteiger partial charge on any atom is 0.295 e. The van der Waals surface area contributed by atoms with Crippen LogP contribution in [0.4, 0.5) is 5.69 Å². The molecule has 5 nitrogen and oxygen atoms in total. The summed E-state index contributed by atoms with van der Waals surface area (Å²) in [6.45, 7) is 0. The van der Waals surface area contributed by atoms with Gasteiger partial charge in [0.25, 0.3) is 5.91 Å². The molecule has 4 aromatic rings. The van der Waals surface area contributed by atoms with Crippen LogP contribution in [0.5, 0.6) is 0 Å². The molecule has 1 heterocycles. The molecule has 30 heavy (non-hydrogen) atoms. The van der Waals surface area contributed by atoms with Crippen LogP contribution in [-0.2, 0) is 0 Å². The van der Waals surface area contributed by atoms with Gasteiger partial charge in [0, 0.05) is 20.7 Å². The van der Waals surface area contributed by atoms with Crippen molar-refractivity contribution in [1.29, 1.82) is 0 Å². The standard InChI is InChI=1S/C21H12BrCl3N4O/c22-13-4-7-16(8-5-13)29-20(12-2-1-3-14(23)10-12)27-19(28-29)21(30)26-15-6-9-17(24)18(25)11-15/h1-11H,(H,26,30). The first kappa shape index (κ1) is 20.9. The lowest BCUT2D eigenvalue weighted by atomic mass is 10.2. The van der Waals surface area contributed by atoms with Crippen molar-refractivity contribution in [3.63, 3.8) is 0 Å². The summed E-state index contributed by atoms with van der Waals surface area (Å²) in [7, 11) is 0. The van der Waals surface area contributed by atoms with Gasteiger partial charge in [0.05, 0.1) is 15.7 Å². The molecule has 0 bridgehead atoms. The number of hydrogen-bond donors (Lipinski definition) is 1. The molecule has 0 radical (unpaired) electrons. The molecular weight excluding hydrogens is 511 g/mol. The second kappa shape index (κ2) is 8.78. The second-order valence-corrected chi connectivity index (χ2v) is 8.41. The highest BCUT2D eigenvalue weighted by molar-refractivity contribution is 9.10. The first-order valence-corrected chi connectivity index (χ1v) is 10.6. The van der Waals surface area contributed by atoms with Gasteiger partial charge < -0.3 is 5.32 Å². The van der Waals surface area contributed by atoms with Gasteiger partial charge in [-0.15, -0.1) is 5.10 Å². The molecule has 0 saturated carbocycles. The average molecular weight is 523 g/mol. The SMILES string of the molecule is O=C(Nc1ccc(Cl)c(Cl)c1)c1nc(-c2cccc(Cl)c2)n(-c2ccc(Br)cc2)n1. The van der Waals surface area contributed by atoms with Crippen molar-refractivity contribution in [1.82, 2.24) is 14.8 Å². The third-order valence-electron chi connectivity index (χ3n) is 4.14. The Hall–Kier alpha value is -2.38. The number of rotatable bonds is 4. The fourth-order valence-electron chi connectivity index (χ4n) is 2.75. The second-order valence-electron chi connectivity index (χ2n) is 6.24. The summed E-state index contributed by atoms with van der Waals surface area (Å²) in [5, 5.41) is 8.45. The van der Waals surface area contributed by atoms with Gasteiger partial charge in [-0.25, -0.2) is 9.67 Å². The zero-order valence-corrected chi connectivity index (χ0v) is 19.0. The number of halogens is 4. The van der Waals surface area contributed by atoms with E-state index in [0.717, 1.165) is 15.7 Å². The third-order valence-corrected chi connectivity index (χ3v) is 5.64. The summed E-state index contributed by atoms with van der Waals surface area (Å²) in [5.74, 6) is 0.00519. The lowest BCUT2D eigenvalue weighted by molar-refractivity contribution is 0.101. The molecule has 150 valence electrons. The summed E-state index contributed by atoms with van der Waals surface area (Å²) >= 11 is 21.5. The van der Waals surface area contributed by atoms with Crippen molar-refractivity contribution >= 4 is 62.3 Å². The number of carbonyl (C=O) groups excluding carboxylic acids is 1. The molecule has 0 spiro atoms. The number of hydrogen-bond acceptors (Lipinski definition) is 3. The Morgan fingerprint density at radius 1 is 0.933 bits per heavy atom. The highest BCUT2D eigenvalue weighted by atomic mass is 79.9. The Morgan fingerprint density at radius 2 is 1.70 bits per heavy atom. The molecule has 0 aliphatic heterocycles. The Morgan fingerprint density at radius 3 is 2.40 bits per heavy atom. The molecule has 1 amide bonds. The van der Waals surface area contributed by atoms with Crippen LogP contribution in [0.2, 0.25) is 15.1 Å². The number of nitrogens with one attached hydrogen (secondary N) is 1. The molecule has 0 saturated heterocycles. The van der Waals surface area contributed by atoms with Crippen LogP contribution in [0, 0.1) is 0 Å². The predicted molar refractivity (Wildman–Crippen MR) is 124 cm³/mol. The van der Waals surface area contributed by atoms with E-state index in [2.05, 4.69) is 31.3 Å². The normalized spacial score (nSPS) is 10.8. The zero-order valence-electron chi connectivity index (χ0n) is 15.1. The lowest BCUT2D eigenvalue weighted by Crippen LogP contribution is -2.14. The van der Waals surface area contributed by atoms with Crippen LogP contribution in [0.1, 0.15) is 10.6 Å². The molecule has 4 rings (SSSR count). The van der Waals surface area contributed by atoms with Crippen molar-refractivity contribution in [3.8, 4) is 17.1 Å². The quantitative estimate of drug-likeness (QED) is 0.317. The van der Waals surface area contributed by atoms with E-state index >= 15 is 0 Å². The maximum absolute atomic E-state index is 12.8. The van der Waals surface area contributed by atoms with Gasteiger partial charge >= 0.3 is 0 Å². The largest absolute Gasteiger partial charge is 0.319 e. The van der Waals surface area contributed by atoms with Crippen molar-refractivity contribution < 1.29 is 4.79 Å². The average Bonchev–Trinajstić information content (AvgIpc) is 3.17. The molecule has 0 atom stereocenters. The van der Waals surface area contributed by atoms with E-state index in [-0.39, 0.29) is 5.82 Å². The molecule has 3 aromatic carbocycles. The predicted octanol–water partition coefficient (Wildman–Crippen LogP) is 6.91. The minimum atomic E-state index is -0.479. The van der Waals surface area contributed by atoms with Gasteiger partial charge in [0.15, 0.2) is 5.82 Å². The van der Waals surface area contributed by atoms with E-state index in [9.17, 15) is 4.79 Å². The van der Waals surface area contributed by atoms with Gasteiger partial charge in [0.2, 0.25) is 5.82 Å². The molecule has 0 fully saturated rings. The summed E-state index contributed by atoms with van der Waals surface area (Å²) in [6, 6.07) is 19.5. The lowest BCUT2D eigenvalue weighted by Gasteiger charge is -2.06. The Balaban J connectivity index is 1.75. The van der Waals surface area contributed by atoms with Crippen molar-refractivity contribution in [3.05, 3.63) is 92.1 Å². The first-order chi connectivity index (χ1) is 14.4. The number of nitrogens with zero attached hydrogens (tertiary/aromatic N) is 3. The van der Waals surface area contributed by atoms with E-state index in [1.807, 2.05) is 36.4 Å². The molecular formula is C21H12BrCl3N4O. The first-order valence-electron chi connectivity index (χ1n) is 8.66. The highest BCUT2D eigenvalue weighted by Crippen LogP contribution is 2.27. The van der Waals surface area contributed by atoms with Gasteiger partial charge in [-0.2, -0.15) is 0 Å². The number of anilines is 1. The third kappa shape index (κ3) is 4.52. The van der Waals surface area contributed by atoms with Gasteiger partial charge in [0.1, 0.15) is 0 Å². The van der Waals surface area contributed by atoms with E-state index in [1.54, 1.807) is 35.0 Å². The van der Waals surface area contributed by atoms with E-state index in [0.29, 0.717) is 26.6 Å². The van der Waals surface area contributed by atoms with Crippen LogP contribution in [0.15, 0.2) is 71.2 Å². The van der Waals surface area contributed by atoms with E-state index in [1.165, 1.54) is 0 Å². The number of carbonyl (C=O) groups is 1. The Kier molecular flexibility index (Phi) is 6.11. The minimum Gasteiger partial charge on any atom is -0.319 e. The van der Waals surface area contributed by atoms with Crippen LogP contribution in [-0.4, -0.2) is 20.7 Å². The Bertz CT molecular complexity index is 1240. The summed E-state index contributed by atoms with van der Waals surface area (Å²) < 4.78 is 2.52. The van der Waals surface area contributed by atoms with E-state index < -0.39 is 5.91 Å². The summed E-state index contributed by atoms with van der Waals surface area (Å²) in [6.07, 6.45) is 0. The fraction of sp³-hybridized carbons (Fsp3) is 0. The van der Waals surface area contributed by atoms with Gasteiger partial charge in [-0.1, -0.05) is 62.9 Å². The van der Waals surface area contributed by atoms with Crippen molar-refractivity contribution in [2.24, 2.45) is 0 Å². The molecule has 0 unspecified atom stereocenters. The van der Waals surface area contributed by atoms with Crippen LogP contribution in [0.3, 0.4) is 0 Å². The molecule has 1 N–H and O–H groups in total. The number of amides is 1. The minimum absolute atomic E-state index is 0.000957. The fourth-order valence-corrected chi connectivity index (χ4v) is 3.50. The van der Waals surface area contributed by atoms with Crippen LogP contribution in [0.25, 0.3) is 17.1 Å². The molecule has 0 aliphatic carbocycles. The number of benzene rings is 3. The zero-order chi connectivity index (χ0) is 21.3. The van der Waals surface area contributed by atoms with Crippen LogP contribution < -0.4 is 5.32 Å². The van der Waals surface area contributed by atoms with Gasteiger partial charge in [-0.05, 0) is 54.6 Å². The maximum atomic E-state index is 12.8.